The van der Waals surface area contributed by atoms with E-state index >= 15 is 0 Å². The van der Waals surface area contributed by atoms with Gasteiger partial charge in [0.1, 0.15) is 23.3 Å². The molecule has 2 aromatic rings. The van der Waals surface area contributed by atoms with Crippen molar-refractivity contribution in [3.63, 3.8) is 0 Å². The van der Waals surface area contributed by atoms with Crippen LogP contribution in [0.15, 0.2) is 46.4 Å². The number of rotatable bonds is 5. The largest absolute Gasteiger partial charge is 0.291 e. The Bertz CT molecular complexity index is 650. The fraction of sp³-hybridized carbons (Fsp3) is 0.125. The molecule has 0 fully saturated rings. The second kappa shape index (κ2) is 7.49. The molecule has 0 heterocycles. The Morgan fingerprint density at radius 3 is 1.45 bits per heavy atom. The molecule has 0 saturated carbocycles. The second-order valence-corrected chi connectivity index (χ2v) is 4.40. The van der Waals surface area contributed by atoms with E-state index in [0.29, 0.717) is 0 Å². The van der Waals surface area contributed by atoms with Gasteiger partial charge in [0.05, 0.1) is 13.1 Å². The Labute approximate surface area is 124 Å². The smallest absolute Gasteiger partial charge is 0.134 e. The van der Waals surface area contributed by atoms with E-state index in [9.17, 15) is 17.6 Å². The second-order valence-electron chi connectivity index (χ2n) is 4.40. The summed E-state index contributed by atoms with van der Waals surface area (Å²) < 4.78 is 52.0. The molecule has 0 unspecified atom stereocenters. The van der Waals surface area contributed by atoms with Crippen LogP contribution in [0.1, 0.15) is 11.1 Å². The predicted molar refractivity (Wildman–Crippen MR) is 77.6 cm³/mol. The molecule has 2 nitrogen and oxygen atoms in total. The summed E-state index contributed by atoms with van der Waals surface area (Å²) in [6.45, 7) is 0.520. The van der Waals surface area contributed by atoms with Crippen molar-refractivity contribution in [2.75, 3.05) is 13.1 Å². The van der Waals surface area contributed by atoms with Crippen LogP contribution < -0.4 is 0 Å². The zero-order valence-corrected chi connectivity index (χ0v) is 11.4. The number of halogens is 4. The minimum Gasteiger partial charge on any atom is -0.291 e. The molecule has 0 aliphatic heterocycles. The molecule has 2 rings (SSSR count). The lowest BCUT2D eigenvalue weighted by Gasteiger charge is -1.97. The highest BCUT2D eigenvalue weighted by Crippen LogP contribution is 2.08. The van der Waals surface area contributed by atoms with Crippen LogP contribution in [0, 0.1) is 23.3 Å². The minimum atomic E-state index is -0.694. The molecule has 0 spiro atoms. The average molecular weight is 308 g/mol. The van der Waals surface area contributed by atoms with Gasteiger partial charge in [0.25, 0.3) is 0 Å². The molecule has 6 heteroatoms. The van der Waals surface area contributed by atoms with E-state index in [1.165, 1.54) is 24.6 Å². The van der Waals surface area contributed by atoms with Gasteiger partial charge >= 0.3 is 0 Å². The van der Waals surface area contributed by atoms with Gasteiger partial charge in [-0.25, -0.2) is 17.6 Å². The van der Waals surface area contributed by atoms with Crippen LogP contribution in [-0.4, -0.2) is 25.5 Å². The van der Waals surface area contributed by atoms with Gasteiger partial charge in [0.15, 0.2) is 0 Å². The third-order valence-electron chi connectivity index (χ3n) is 2.74. The Morgan fingerprint density at radius 1 is 0.682 bits per heavy atom. The lowest BCUT2D eigenvalue weighted by molar-refractivity contribution is 0.581. The Hall–Kier alpha value is -2.50. The van der Waals surface area contributed by atoms with Crippen molar-refractivity contribution in [3.05, 3.63) is 70.8 Å². The standard InChI is InChI=1S/C16H12F4N2/c17-13-3-1-11(15(19)7-13)9-21-5-6-22-10-12-2-4-14(18)8-16(12)20/h1-4,7-10H,5-6H2. The van der Waals surface area contributed by atoms with E-state index in [0.717, 1.165) is 24.3 Å². The topological polar surface area (TPSA) is 24.7 Å². The summed E-state index contributed by atoms with van der Waals surface area (Å²) in [6, 6.07) is 6.39. The van der Waals surface area contributed by atoms with Crippen molar-refractivity contribution in [3.8, 4) is 0 Å². The van der Waals surface area contributed by atoms with Gasteiger partial charge < -0.3 is 0 Å². The number of hydrogen-bond acceptors (Lipinski definition) is 2. The Balaban J connectivity index is 1.86. The van der Waals surface area contributed by atoms with Crippen LogP contribution >= 0.6 is 0 Å². The van der Waals surface area contributed by atoms with Crippen LogP contribution in [0.4, 0.5) is 17.6 Å². The molecule has 0 aliphatic rings. The fourth-order valence-corrected chi connectivity index (χ4v) is 1.65. The highest BCUT2D eigenvalue weighted by atomic mass is 19.1. The van der Waals surface area contributed by atoms with Crippen LogP contribution in [0.5, 0.6) is 0 Å². The molecular weight excluding hydrogens is 296 g/mol. The molecule has 2 aromatic carbocycles. The van der Waals surface area contributed by atoms with Crippen LogP contribution in [0.25, 0.3) is 0 Å². The van der Waals surface area contributed by atoms with Gasteiger partial charge in [-0.3, -0.25) is 9.98 Å². The van der Waals surface area contributed by atoms with E-state index in [1.54, 1.807) is 0 Å². The summed E-state index contributed by atoms with van der Waals surface area (Å²) in [5.41, 5.74) is 0.352. The van der Waals surface area contributed by atoms with Crippen molar-refractivity contribution >= 4 is 12.4 Å². The molecule has 0 saturated heterocycles. The molecule has 0 radical (unpaired) electrons. The number of aliphatic imine (C=N–C) groups is 2. The Morgan fingerprint density at radius 2 is 1.09 bits per heavy atom. The van der Waals surface area contributed by atoms with Gasteiger partial charge in [-0.2, -0.15) is 0 Å². The van der Waals surface area contributed by atoms with E-state index in [1.807, 2.05) is 0 Å². The Kier molecular flexibility index (Phi) is 5.41. The third kappa shape index (κ3) is 4.51. The van der Waals surface area contributed by atoms with Crippen LogP contribution in [0.3, 0.4) is 0 Å². The van der Waals surface area contributed by atoms with E-state index < -0.39 is 23.3 Å². The maximum absolute atomic E-state index is 13.3. The molecule has 0 aromatic heterocycles. The summed E-state index contributed by atoms with van der Waals surface area (Å²) in [6.07, 6.45) is 2.56. The van der Waals surface area contributed by atoms with Crippen molar-refractivity contribution in [2.45, 2.75) is 0 Å². The summed E-state index contributed by atoms with van der Waals surface area (Å²) in [5, 5.41) is 0. The molecular formula is C16H12F4N2. The first-order chi connectivity index (χ1) is 10.6. The summed E-state index contributed by atoms with van der Waals surface area (Å²) >= 11 is 0. The molecule has 0 atom stereocenters. The van der Waals surface area contributed by atoms with Crippen LogP contribution in [-0.2, 0) is 0 Å². The van der Waals surface area contributed by atoms with E-state index in [2.05, 4.69) is 9.98 Å². The molecule has 0 bridgehead atoms. The summed E-state index contributed by atoms with van der Waals surface area (Å²) in [5.74, 6) is -2.69. The molecule has 22 heavy (non-hydrogen) atoms. The molecule has 0 amide bonds. The summed E-state index contributed by atoms with van der Waals surface area (Å²) in [4.78, 5) is 7.89. The van der Waals surface area contributed by atoms with E-state index in [-0.39, 0.29) is 24.2 Å². The lowest BCUT2D eigenvalue weighted by Crippen LogP contribution is -1.94. The quantitative estimate of drug-likeness (QED) is 0.456. The monoisotopic (exact) mass is 308 g/mol. The van der Waals surface area contributed by atoms with Crippen molar-refractivity contribution in [1.29, 1.82) is 0 Å². The number of benzene rings is 2. The summed E-state index contributed by atoms with van der Waals surface area (Å²) in [7, 11) is 0. The SMILES string of the molecule is Fc1ccc(C=NCCN=Cc2ccc(F)cc2F)c(F)c1. The first-order valence-electron chi connectivity index (χ1n) is 6.46. The van der Waals surface area contributed by atoms with Crippen molar-refractivity contribution in [1.82, 2.24) is 0 Å². The number of nitrogens with zero attached hydrogens (tertiary/aromatic N) is 2. The highest BCUT2D eigenvalue weighted by molar-refractivity contribution is 5.80. The van der Waals surface area contributed by atoms with Gasteiger partial charge in [-0.15, -0.1) is 0 Å². The normalized spacial score (nSPS) is 11.6. The highest BCUT2D eigenvalue weighted by Gasteiger charge is 2.01. The molecule has 0 aliphatic carbocycles. The van der Waals surface area contributed by atoms with E-state index in [4.69, 9.17) is 0 Å². The van der Waals surface area contributed by atoms with Gasteiger partial charge in [-0.05, 0) is 24.3 Å². The van der Waals surface area contributed by atoms with Gasteiger partial charge in [0.2, 0.25) is 0 Å². The van der Waals surface area contributed by atoms with Crippen molar-refractivity contribution < 1.29 is 17.6 Å². The third-order valence-corrected chi connectivity index (χ3v) is 2.74. The van der Waals surface area contributed by atoms with Gasteiger partial charge in [-0.1, -0.05) is 0 Å². The first-order valence-corrected chi connectivity index (χ1v) is 6.46. The lowest BCUT2D eigenvalue weighted by atomic mass is 10.2. The van der Waals surface area contributed by atoms with Gasteiger partial charge in [0, 0.05) is 35.7 Å². The zero-order valence-electron chi connectivity index (χ0n) is 11.4. The predicted octanol–water partition coefficient (Wildman–Crippen LogP) is 3.78. The minimum absolute atomic E-state index is 0.176. The number of hydrogen-bond donors (Lipinski definition) is 0. The van der Waals surface area contributed by atoms with Crippen LogP contribution in [0.2, 0.25) is 0 Å². The maximum atomic E-state index is 13.3. The first kappa shape index (κ1) is 15.9. The molecule has 0 N–H and O–H groups in total. The fourth-order valence-electron chi connectivity index (χ4n) is 1.65. The molecule has 114 valence electrons. The average Bonchev–Trinajstić information content (AvgIpc) is 2.46. The van der Waals surface area contributed by atoms with Crippen molar-refractivity contribution in [2.24, 2.45) is 9.98 Å². The maximum Gasteiger partial charge on any atom is 0.134 e. The zero-order chi connectivity index (χ0) is 15.9.